The summed E-state index contributed by atoms with van der Waals surface area (Å²) < 4.78 is 17.9. The molecule has 0 fully saturated rings. The molecule has 0 radical (unpaired) electrons. The molecule has 6 heteroatoms. The fraction of sp³-hybridized carbons (Fsp3) is 0.0625. The second kappa shape index (κ2) is 6.81. The predicted molar refractivity (Wildman–Crippen MR) is 84.4 cm³/mol. The lowest BCUT2D eigenvalue weighted by Crippen LogP contribution is -1.96. The zero-order valence-electron chi connectivity index (χ0n) is 11.4. The summed E-state index contributed by atoms with van der Waals surface area (Å²) in [5, 5.41) is 9.78. The molecule has 0 aliphatic carbocycles. The number of methoxy groups -OCH3 is 1. The molecule has 2 aromatic rings. The number of hydrogen-bond donors (Lipinski definition) is 1. The van der Waals surface area contributed by atoms with Crippen molar-refractivity contribution in [2.45, 2.75) is 0 Å². The van der Waals surface area contributed by atoms with Crippen molar-refractivity contribution < 1.29 is 19.0 Å². The normalized spacial score (nSPS) is 10.9. The lowest BCUT2D eigenvalue weighted by Gasteiger charge is -2.06. The summed E-state index contributed by atoms with van der Waals surface area (Å²) in [4.78, 5) is 12.0. The van der Waals surface area contributed by atoms with Crippen LogP contribution in [0.15, 0.2) is 36.4 Å². The van der Waals surface area contributed by atoms with Crippen LogP contribution in [0.3, 0.4) is 0 Å². The van der Waals surface area contributed by atoms with Gasteiger partial charge in [-0.15, -0.1) is 0 Å². The highest BCUT2D eigenvalue weighted by Crippen LogP contribution is 2.35. The molecule has 3 nitrogen and oxygen atoms in total. The van der Waals surface area contributed by atoms with E-state index in [2.05, 4.69) is 0 Å². The Morgan fingerprint density at radius 3 is 2.59 bits per heavy atom. The van der Waals surface area contributed by atoms with E-state index in [1.54, 1.807) is 0 Å². The first-order chi connectivity index (χ1) is 10.4. The van der Waals surface area contributed by atoms with Crippen LogP contribution in [0.5, 0.6) is 11.5 Å². The van der Waals surface area contributed by atoms with Crippen molar-refractivity contribution in [3.63, 3.8) is 0 Å². The van der Waals surface area contributed by atoms with E-state index in [0.717, 1.165) is 12.1 Å². The minimum Gasteiger partial charge on any atom is -0.503 e. The second-order valence-corrected chi connectivity index (χ2v) is 5.19. The van der Waals surface area contributed by atoms with Gasteiger partial charge in [0.05, 0.1) is 17.2 Å². The number of ether oxygens (including phenoxy) is 1. The maximum absolute atomic E-state index is 13.0. The number of ketones is 1. The van der Waals surface area contributed by atoms with E-state index in [0.29, 0.717) is 5.56 Å². The van der Waals surface area contributed by atoms with Gasteiger partial charge in [-0.05, 0) is 42.0 Å². The fourth-order valence-corrected chi connectivity index (χ4v) is 2.28. The maximum Gasteiger partial charge on any atom is 0.187 e. The van der Waals surface area contributed by atoms with Crippen LogP contribution in [0, 0.1) is 5.82 Å². The average Bonchev–Trinajstić information content (AvgIpc) is 2.48. The Hall–Kier alpha value is -2.04. The van der Waals surface area contributed by atoms with Crippen LogP contribution in [0.4, 0.5) is 4.39 Å². The number of allylic oxidation sites excluding steroid dienone is 1. The number of halogens is 3. The number of carbonyl (C=O) groups excluding carboxylic acids is 1. The Kier molecular flexibility index (Phi) is 5.06. The predicted octanol–water partition coefficient (Wildman–Crippen LogP) is 4.74. The molecule has 0 spiro atoms. The zero-order valence-corrected chi connectivity index (χ0v) is 13.0. The van der Waals surface area contributed by atoms with E-state index < -0.39 is 5.82 Å². The third kappa shape index (κ3) is 3.59. The monoisotopic (exact) mass is 340 g/mol. The first kappa shape index (κ1) is 16.3. The molecule has 0 heterocycles. The number of hydrogen-bond acceptors (Lipinski definition) is 3. The van der Waals surface area contributed by atoms with Gasteiger partial charge in [0.2, 0.25) is 0 Å². The van der Waals surface area contributed by atoms with Crippen LogP contribution in [-0.4, -0.2) is 18.0 Å². The molecule has 2 aromatic carbocycles. The number of carbonyl (C=O) groups is 1. The molecule has 1 N–H and O–H groups in total. The summed E-state index contributed by atoms with van der Waals surface area (Å²) in [6.07, 6.45) is 2.77. The van der Waals surface area contributed by atoms with E-state index in [-0.39, 0.29) is 32.9 Å². The quantitative estimate of drug-likeness (QED) is 0.645. The van der Waals surface area contributed by atoms with E-state index >= 15 is 0 Å². The number of rotatable bonds is 4. The van der Waals surface area contributed by atoms with Gasteiger partial charge in [0, 0.05) is 5.56 Å². The number of phenols is 1. The molecule has 0 aliphatic heterocycles. The molecule has 0 atom stereocenters. The van der Waals surface area contributed by atoms with Crippen molar-refractivity contribution in [1.29, 1.82) is 0 Å². The summed E-state index contributed by atoms with van der Waals surface area (Å²) in [5.74, 6) is -0.873. The molecule has 0 saturated heterocycles. The van der Waals surface area contributed by atoms with Gasteiger partial charge in [-0.3, -0.25) is 4.79 Å². The van der Waals surface area contributed by atoms with E-state index in [4.69, 9.17) is 27.9 Å². The molecular weight excluding hydrogens is 330 g/mol. The fourth-order valence-electron chi connectivity index (χ4n) is 1.80. The highest BCUT2D eigenvalue weighted by atomic mass is 35.5. The zero-order chi connectivity index (χ0) is 16.3. The molecule has 0 unspecified atom stereocenters. The minimum atomic E-state index is -0.513. The summed E-state index contributed by atoms with van der Waals surface area (Å²) in [5.41, 5.74) is 0.752. The van der Waals surface area contributed by atoms with Crippen LogP contribution in [0.1, 0.15) is 15.9 Å². The third-order valence-electron chi connectivity index (χ3n) is 2.89. The van der Waals surface area contributed by atoms with Crippen molar-refractivity contribution in [2.24, 2.45) is 0 Å². The molecule has 22 heavy (non-hydrogen) atoms. The van der Waals surface area contributed by atoms with Crippen molar-refractivity contribution in [3.8, 4) is 11.5 Å². The molecule has 114 valence electrons. The maximum atomic E-state index is 13.0. The van der Waals surface area contributed by atoms with Gasteiger partial charge in [0.1, 0.15) is 5.82 Å². The van der Waals surface area contributed by atoms with Crippen LogP contribution in [0.25, 0.3) is 6.08 Å². The standard InChI is InChI=1S/C16H11Cl2FO3/c1-22-15-7-9(6-13(18)16(15)21)2-5-14(20)11-4-3-10(19)8-12(11)17/h2-8,21H,1H3/b5-2+. The molecular formula is C16H11Cl2FO3. The first-order valence-electron chi connectivity index (χ1n) is 6.16. The highest BCUT2D eigenvalue weighted by Gasteiger charge is 2.10. The summed E-state index contributed by atoms with van der Waals surface area (Å²) in [6.45, 7) is 0. The lowest BCUT2D eigenvalue weighted by molar-refractivity contribution is 0.104. The largest absolute Gasteiger partial charge is 0.503 e. The highest BCUT2D eigenvalue weighted by molar-refractivity contribution is 6.34. The van der Waals surface area contributed by atoms with Gasteiger partial charge < -0.3 is 9.84 Å². The molecule has 0 aromatic heterocycles. The van der Waals surface area contributed by atoms with Gasteiger partial charge in [-0.1, -0.05) is 29.3 Å². The van der Waals surface area contributed by atoms with Gasteiger partial charge in [0.15, 0.2) is 17.3 Å². The van der Waals surface area contributed by atoms with Crippen LogP contribution in [0.2, 0.25) is 10.0 Å². The smallest absolute Gasteiger partial charge is 0.187 e. The molecule has 0 amide bonds. The van der Waals surface area contributed by atoms with Crippen LogP contribution >= 0.6 is 23.2 Å². The third-order valence-corrected chi connectivity index (χ3v) is 3.50. The Labute approximate surface area is 136 Å². The Bertz CT molecular complexity index is 757. The summed E-state index contributed by atoms with van der Waals surface area (Å²) in [7, 11) is 1.39. The summed E-state index contributed by atoms with van der Waals surface area (Å²) >= 11 is 11.7. The average molecular weight is 341 g/mol. The van der Waals surface area contributed by atoms with Gasteiger partial charge in [0.25, 0.3) is 0 Å². The number of benzene rings is 2. The SMILES string of the molecule is COc1cc(/C=C/C(=O)c2ccc(F)cc2Cl)cc(Cl)c1O. The molecule has 0 aliphatic rings. The lowest BCUT2D eigenvalue weighted by atomic mass is 10.1. The van der Waals surface area contributed by atoms with E-state index in [1.165, 1.54) is 37.5 Å². The molecule has 0 saturated carbocycles. The molecule has 2 rings (SSSR count). The van der Waals surface area contributed by atoms with Crippen LogP contribution < -0.4 is 4.74 Å². The van der Waals surface area contributed by atoms with Crippen LogP contribution in [-0.2, 0) is 0 Å². The van der Waals surface area contributed by atoms with Crippen molar-refractivity contribution in [2.75, 3.05) is 7.11 Å². The van der Waals surface area contributed by atoms with E-state index in [9.17, 15) is 14.3 Å². The number of phenolic OH excluding ortho intramolecular Hbond substituents is 1. The van der Waals surface area contributed by atoms with E-state index in [1.807, 2.05) is 0 Å². The first-order valence-corrected chi connectivity index (χ1v) is 6.92. The van der Waals surface area contributed by atoms with Crippen molar-refractivity contribution in [3.05, 3.63) is 63.4 Å². The van der Waals surface area contributed by atoms with Gasteiger partial charge in [-0.25, -0.2) is 4.39 Å². The molecule has 0 bridgehead atoms. The van der Waals surface area contributed by atoms with Gasteiger partial charge in [-0.2, -0.15) is 0 Å². The Morgan fingerprint density at radius 2 is 1.95 bits per heavy atom. The number of aromatic hydroxyl groups is 1. The minimum absolute atomic E-state index is 0.0379. The van der Waals surface area contributed by atoms with Crippen molar-refractivity contribution >= 4 is 35.1 Å². The Morgan fingerprint density at radius 1 is 1.23 bits per heavy atom. The summed E-state index contributed by atoms with van der Waals surface area (Å²) in [6, 6.07) is 6.55. The second-order valence-electron chi connectivity index (χ2n) is 4.38. The Balaban J connectivity index is 2.28. The van der Waals surface area contributed by atoms with Gasteiger partial charge >= 0.3 is 0 Å². The topological polar surface area (TPSA) is 46.5 Å². The van der Waals surface area contributed by atoms with Crippen molar-refractivity contribution in [1.82, 2.24) is 0 Å².